The fourth-order valence-electron chi connectivity index (χ4n) is 2.88. The smallest absolute Gasteiger partial charge is 0.400 e. The summed E-state index contributed by atoms with van der Waals surface area (Å²) < 4.78 is 57.1. The second-order valence-electron chi connectivity index (χ2n) is 7.75. The Labute approximate surface area is 195 Å². The van der Waals surface area contributed by atoms with Crippen LogP contribution < -0.4 is 9.47 Å². The minimum Gasteiger partial charge on any atom is -0.457 e. The summed E-state index contributed by atoms with van der Waals surface area (Å²) >= 11 is 0. The van der Waals surface area contributed by atoms with Crippen molar-refractivity contribution in [1.29, 1.82) is 5.26 Å². The topological polar surface area (TPSA) is 68.5 Å². The van der Waals surface area contributed by atoms with Gasteiger partial charge in [-0.25, -0.2) is 4.39 Å². The van der Waals surface area contributed by atoms with E-state index >= 15 is 0 Å². The lowest BCUT2D eigenvalue weighted by atomic mass is 10.1. The monoisotopic (exact) mass is 469 g/mol. The number of carbonyl (C=O) groups is 1. The average Bonchev–Trinajstić information content (AvgIpc) is 2.80. The van der Waals surface area contributed by atoms with Crippen LogP contribution >= 0.6 is 0 Å². The van der Waals surface area contributed by atoms with Crippen LogP contribution in [0.2, 0.25) is 0 Å². The molecule has 0 saturated heterocycles. The van der Waals surface area contributed by atoms with Crippen LogP contribution in [0.15, 0.2) is 72.8 Å². The first-order chi connectivity index (χ1) is 16.2. The lowest BCUT2D eigenvalue weighted by molar-refractivity contribution is -0.208. The summed E-state index contributed by atoms with van der Waals surface area (Å²) in [4.78, 5) is 12.4. The Morgan fingerprint density at radius 1 is 1.00 bits per heavy atom. The second kappa shape index (κ2) is 10.8. The fraction of sp³-hybridized carbons (Fsp3) is 0.231. The first-order valence-electron chi connectivity index (χ1n) is 10.4. The molecule has 0 bridgehead atoms. The van der Waals surface area contributed by atoms with Crippen molar-refractivity contribution in [1.82, 2.24) is 0 Å². The van der Waals surface area contributed by atoms with Gasteiger partial charge in [-0.3, -0.25) is 4.79 Å². The number of halogens is 3. The molecule has 3 rings (SSSR count). The van der Waals surface area contributed by atoms with E-state index in [1.54, 1.807) is 36.4 Å². The molecule has 0 N–H and O–H groups in total. The van der Waals surface area contributed by atoms with Crippen molar-refractivity contribution in [3.05, 3.63) is 89.7 Å². The van der Waals surface area contributed by atoms with Crippen molar-refractivity contribution in [3.63, 3.8) is 0 Å². The number of carbonyl (C=O) groups excluding carboxylic acids is 1. The minimum atomic E-state index is -3.54. The third kappa shape index (κ3) is 6.51. The molecule has 1 unspecified atom stereocenters. The van der Waals surface area contributed by atoms with E-state index in [0.717, 1.165) is 12.1 Å². The number of para-hydroxylation sites is 1. The summed E-state index contributed by atoms with van der Waals surface area (Å²) in [6, 6.07) is 20.7. The zero-order valence-corrected chi connectivity index (χ0v) is 18.5. The first kappa shape index (κ1) is 24.6. The van der Waals surface area contributed by atoms with Crippen LogP contribution in [0.1, 0.15) is 31.1 Å². The van der Waals surface area contributed by atoms with Crippen LogP contribution in [0.25, 0.3) is 0 Å². The number of hydrogen-bond acceptors (Lipinski definition) is 5. The van der Waals surface area contributed by atoms with Crippen molar-refractivity contribution < 1.29 is 32.2 Å². The van der Waals surface area contributed by atoms with Crippen molar-refractivity contribution >= 4 is 5.97 Å². The number of benzene rings is 3. The quantitative estimate of drug-likeness (QED) is 0.331. The molecule has 0 spiro atoms. The maximum atomic E-state index is 14.2. The van der Waals surface area contributed by atoms with E-state index in [1.165, 1.54) is 19.9 Å². The van der Waals surface area contributed by atoms with Crippen LogP contribution in [0, 0.1) is 23.1 Å². The van der Waals surface area contributed by atoms with Gasteiger partial charge in [0.05, 0.1) is 12.3 Å². The third-order valence-corrected chi connectivity index (χ3v) is 4.77. The Balaban J connectivity index is 1.65. The first-order valence-corrected chi connectivity index (χ1v) is 10.4. The summed E-state index contributed by atoms with van der Waals surface area (Å²) in [6.07, 6.45) is -5.13. The summed E-state index contributed by atoms with van der Waals surface area (Å²) in [5.41, 5.74) is 0.579. The van der Waals surface area contributed by atoms with Crippen molar-refractivity contribution in [2.24, 2.45) is 5.92 Å². The molecule has 0 saturated carbocycles. The Morgan fingerprint density at radius 2 is 1.71 bits per heavy atom. The van der Waals surface area contributed by atoms with Gasteiger partial charge in [-0.2, -0.15) is 14.0 Å². The Bertz CT molecular complexity index is 1180. The van der Waals surface area contributed by atoms with Gasteiger partial charge < -0.3 is 14.2 Å². The van der Waals surface area contributed by atoms with Gasteiger partial charge in [-0.05, 0) is 42.0 Å². The molecule has 0 aliphatic rings. The van der Waals surface area contributed by atoms with E-state index in [9.17, 15) is 23.2 Å². The van der Waals surface area contributed by atoms with Crippen LogP contribution in [0.4, 0.5) is 13.2 Å². The summed E-state index contributed by atoms with van der Waals surface area (Å²) in [5, 5.41) is 9.49. The standard InChI is InChI=1S/C26H22F3NO4/c1-17(2)26(28,29)34-23-12-11-18(13-22(23)27)14-25(31)33-24(16-30)19-7-6-10-21(15-19)32-20-8-4-3-5-9-20/h3-13,15,17,24H,14H2,1-2H3. The number of hydrogen-bond donors (Lipinski definition) is 0. The molecule has 0 fully saturated rings. The van der Waals surface area contributed by atoms with Gasteiger partial charge >= 0.3 is 12.1 Å². The molecule has 34 heavy (non-hydrogen) atoms. The van der Waals surface area contributed by atoms with E-state index in [1.807, 2.05) is 24.3 Å². The van der Waals surface area contributed by atoms with Crippen LogP contribution in [0.3, 0.4) is 0 Å². The molecule has 3 aromatic carbocycles. The highest BCUT2D eigenvalue weighted by molar-refractivity contribution is 5.73. The fourth-order valence-corrected chi connectivity index (χ4v) is 2.88. The molecule has 1 atom stereocenters. The molecule has 0 heterocycles. The highest BCUT2D eigenvalue weighted by Crippen LogP contribution is 2.31. The number of nitriles is 1. The van der Waals surface area contributed by atoms with Crippen molar-refractivity contribution in [2.75, 3.05) is 0 Å². The van der Waals surface area contributed by atoms with Crippen LogP contribution in [-0.4, -0.2) is 12.1 Å². The number of nitrogens with zero attached hydrogens (tertiary/aromatic N) is 1. The van der Waals surface area contributed by atoms with Gasteiger partial charge in [-0.1, -0.05) is 50.2 Å². The zero-order valence-electron chi connectivity index (χ0n) is 18.5. The van der Waals surface area contributed by atoms with Gasteiger partial charge in [-0.15, -0.1) is 0 Å². The predicted molar refractivity (Wildman–Crippen MR) is 118 cm³/mol. The zero-order chi connectivity index (χ0) is 24.7. The molecule has 0 radical (unpaired) electrons. The molecule has 8 heteroatoms. The average molecular weight is 469 g/mol. The highest BCUT2D eigenvalue weighted by Gasteiger charge is 2.36. The van der Waals surface area contributed by atoms with Crippen LogP contribution in [-0.2, 0) is 16.0 Å². The van der Waals surface area contributed by atoms with Gasteiger partial charge in [0.15, 0.2) is 11.6 Å². The largest absolute Gasteiger partial charge is 0.457 e. The van der Waals surface area contributed by atoms with E-state index < -0.39 is 35.7 Å². The molecule has 3 aromatic rings. The third-order valence-electron chi connectivity index (χ3n) is 4.77. The summed E-state index contributed by atoms with van der Waals surface area (Å²) in [7, 11) is 0. The Kier molecular flexibility index (Phi) is 7.79. The minimum absolute atomic E-state index is 0.181. The van der Waals surface area contributed by atoms with E-state index in [-0.39, 0.29) is 12.0 Å². The highest BCUT2D eigenvalue weighted by atomic mass is 19.3. The lowest BCUT2D eigenvalue weighted by Gasteiger charge is -2.21. The molecular weight excluding hydrogens is 447 g/mol. The van der Waals surface area contributed by atoms with E-state index in [4.69, 9.17) is 9.47 Å². The second-order valence-corrected chi connectivity index (χ2v) is 7.75. The number of alkyl halides is 2. The van der Waals surface area contributed by atoms with E-state index in [2.05, 4.69) is 4.74 Å². The van der Waals surface area contributed by atoms with Gasteiger partial charge in [0.1, 0.15) is 17.6 Å². The van der Waals surface area contributed by atoms with Crippen molar-refractivity contribution in [3.8, 4) is 23.3 Å². The molecule has 0 aliphatic heterocycles. The summed E-state index contributed by atoms with van der Waals surface area (Å²) in [5.74, 6) is -2.54. The SMILES string of the molecule is CC(C)C(F)(F)Oc1ccc(CC(=O)OC(C#N)c2cccc(Oc3ccccc3)c2)cc1F. The van der Waals surface area contributed by atoms with E-state index in [0.29, 0.717) is 17.1 Å². The summed E-state index contributed by atoms with van der Waals surface area (Å²) in [6.45, 7) is 2.49. The van der Waals surface area contributed by atoms with Crippen LogP contribution in [0.5, 0.6) is 17.2 Å². The Morgan fingerprint density at radius 3 is 2.35 bits per heavy atom. The van der Waals surface area contributed by atoms with Gasteiger partial charge in [0.2, 0.25) is 6.10 Å². The van der Waals surface area contributed by atoms with Crippen molar-refractivity contribution in [2.45, 2.75) is 32.5 Å². The number of ether oxygens (including phenoxy) is 3. The molecular formula is C26H22F3NO4. The number of rotatable bonds is 9. The molecule has 0 amide bonds. The maximum absolute atomic E-state index is 14.2. The molecule has 0 aliphatic carbocycles. The normalized spacial score (nSPS) is 12.0. The van der Waals surface area contributed by atoms with Gasteiger partial charge in [0.25, 0.3) is 0 Å². The maximum Gasteiger partial charge on any atom is 0.400 e. The molecule has 0 aromatic heterocycles. The Hall–Kier alpha value is -3.99. The predicted octanol–water partition coefficient (Wildman–Crippen LogP) is 6.60. The lowest BCUT2D eigenvalue weighted by Crippen LogP contribution is -2.31. The molecule has 176 valence electrons. The molecule has 5 nitrogen and oxygen atoms in total. The number of esters is 1. The van der Waals surface area contributed by atoms with Gasteiger partial charge in [0, 0.05) is 5.56 Å².